The molecule has 0 bridgehead atoms. The van der Waals surface area contributed by atoms with Gasteiger partial charge in [-0.25, -0.2) is 9.18 Å². The lowest BCUT2D eigenvalue weighted by Gasteiger charge is -2.18. The summed E-state index contributed by atoms with van der Waals surface area (Å²) in [6.07, 6.45) is -0.00149. The molecule has 10 heteroatoms. The first-order valence-corrected chi connectivity index (χ1v) is 9.31. The summed E-state index contributed by atoms with van der Waals surface area (Å²) in [5.41, 5.74) is 1.53. The second-order valence-electron chi connectivity index (χ2n) is 6.67. The van der Waals surface area contributed by atoms with E-state index in [0.29, 0.717) is 18.1 Å². The fourth-order valence-electron chi connectivity index (χ4n) is 2.77. The molecule has 30 heavy (non-hydrogen) atoms. The number of hydrogen-bond acceptors (Lipinski definition) is 5. The third kappa shape index (κ3) is 5.37. The Morgan fingerprint density at radius 2 is 1.93 bits per heavy atom. The molecule has 1 aromatic heterocycles. The third-order valence-corrected chi connectivity index (χ3v) is 4.33. The van der Waals surface area contributed by atoms with Gasteiger partial charge in [-0.15, -0.1) is 5.10 Å². The highest BCUT2D eigenvalue weighted by Gasteiger charge is 2.13. The van der Waals surface area contributed by atoms with Gasteiger partial charge >= 0.3 is 6.03 Å². The summed E-state index contributed by atoms with van der Waals surface area (Å²) in [4.78, 5) is 25.9. The van der Waals surface area contributed by atoms with Crippen LogP contribution in [-0.4, -0.2) is 50.6 Å². The number of aromatic nitrogens is 4. The number of halogens is 1. The maximum Gasteiger partial charge on any atom is 0.317 e. The molecule has 9 nitrogen and oxygen atoms in total. The van der Waals surface area contributed by atoms with Gasteiger partial charge in [-0.2, -0.15) is 4.68 Å². The molecular weight excluding hydrogens is 389 g/mol. The number of nitrogens with one attached hydrogen (secondary N) is 2. The SMILES string of the molecule is Cc1nnnn1-c1ccc(F)c(NC(=O)CCNC(=O)N(C)Cc2ccccc2)c1. The van der Waals surface area contributed by atoms with E-state index in [1.807, 2.05) is 30.3 Å². The maximum atomic E-state index is 14.1. The fourth-order valence-corrected chi connectivity index (χ4v) is 2.77. The zero-order valence-electron chi connectivity index (χ0n) is 16.7. The van der Waals surface area contributed by atoms with Crippen LogP contribution in [0.25, 0.3) is 5.69 Å². The molecule has 2 aromatic carbocycles. The normalized spacial score (nSPS) is 10.5. The Kier molecular flexibility index (Phi) is 6.68. The summed E-state index contributed by atoms with van der Waals surface area (Å²) >= 11 is 0. The second kappa shape index (κ2) is 9.59. The number of anilines is 1. The molecule has 0 saturated heterocycles. The average Bonchev–Trinajstić information content (AvgIpc) is 3.16. The van der Waals surface area contributed by atoms with Gasteiger partial charge in [0.2, 0.25) is 5.91 Å². The number of aryl methyl sites for hydroxylation is 1. The van der Waals surface area contributed by atoms with Crippen molar-refractivity contribution in [2.75, 3.05) is 18.9 Å². The van der Waals surface area contributed by atoms with Crippen LogP contribution in [0, 0.1) is 12.7 Å². The summed E-state index contributed by atoms with van der Waals surface area (Å²) in [5.74, 6) is -0.476. The zero-order chi connectivity index (χ0) is 21.5. The Bertz CT molecular complexity index is 1020. The van der Waals surface area contributed by atoms with Crippen LogP contribution in [0.5, 0.6) is 0 Å². The van der Waals surface area contributed by atoms with Crippen molar-refractivity contribution in [1.29, 1.82) is 0 Å². The van der Waals surface area contributed by atoms with Crippen LogP contribution in [0.15, 0.2) is 48.5 Å². The quantitative estimate of drug-likeness (QED) is 0.621. The fraction of sp³-hybridized carbons (Fsp3) is 0.250. The molecule has 2 N–H and O–H groups in total. The Balaban J connectivity index is 1.50. The molecule has 0 unspecified atom stereocenters. The Morgan fingerprint density at radius 3 is 2.63 bits per heavy atom. The van der Waals surface area contributed by atoms with E-state index < -0.39 is 11.7 Å². The van der Waals surface area contributed by atoms with Gasteiger partial charge in [0, 0.05) is 26.6 Å². The van der Waals surface area contributed by atoms with E-state index in [4.69, 9.17) is 0 Å². The van der Waals surface area contributed by atoms with Crippen molar-refractivity contribution < 1.29 is 14.0 Å². The van der Waals surface area contributed by atoms with Gasteiger partial charge in [-0.3, -0.25) is 4.79 Å². The minimum absolute atomic E-state index is 0.00149. The monoisotopic (exact) mass is 411 g/mol. The number of carbonyl (C=O) groups is 2. The summed E-state index contributed by atoms with van der Waals surface area (Å²) in [6.45, 7) is 2.28. The maximum absolute atomic E-state index is 14.1. The summed E-state index contributed by atoms with van der Waals surface area (Å²) in [7, 11) is 1.67. The van der Waals surface area contributed by atoms with Crippen molar-refractivity contribution in [2.45, 2.75) is 19.9 Å². The van der Waals surface area contributed by atoms with E-state index in [0.717, 1.165) is 5.56 Å². The van der Waals surface area contributed by atoms with Crippen molar-refractivity contribution in [2.24, 2.45) is 0 Å². The predicted molar refractivity (Wildman–Crippen MR) is 108 cm³/mol. The number of nitrogens with zero attached hydrogens (tertiary/aromatic N) is 5. The third-order valence-electron chi connectivity index (χ3n) is 4.33. The van der Waals surface area contributed by atoms with Crippen molar-refractivity contribution in [3.05, 3.63) is 65.7 Å². The Morgan fingerprint density at radius 1 is 1.17 bits per heavy atom. The molecule has 3 aromatic rings. The highest BCUT2D eigenvalue weighted by molar-refractivity contribution is 5.91. The van der Waals surface area contributed by atoms with Gasteiger partial charge in [-0.1, -0.05) is 30.3 Å². The molecule has 0 aliphatic rings. The Hall–Kier alpha value is -3.82. The lowest BCUT2D eigenvalue weighted by Crippen LogP contribution is -2.38. The molecule has 0 aliphatic carbocycles. The molecule has 0 saturated carbocycles. The van der Waals surface area contributed by atoms with Gasteiger partial charge in [-0.05, 0) is 41.1 Å². The summed E-state index contributed by atoms with van der Waals surface area (Å²) in [6, 6.07) is 13.5. The van der Waals surface area contributed by atoms with Gasteiger partial charge in [0.05, 0.1) is 11.4 Å². The molecule has 0 aliphatic heterocycles. The van der Waals surface area contributed by atoms with Crippen LogP contribution in [0.3, 0.4) is 0 Å². The first kappa shape index (κ1) is 20.9. The number of hydrogen-bond donors (Lipinski definition) is 2. The summed E-state index contributed by atoms with van der Waals surface area (Å²) < 4.78 is 15.5. The van der Waals surface area contributed by atoms with Gasteiger partial charge in [0.1, 0.15) is 5.82 Å². The highest BCUT2D eigenvalue weighted by Crippen LogP contribution is 2.19. The number of urea groups is 1. The van der Waals surface area contributed by atoms with E-state index in [-0.39, 0.29) is 24.7 Å². The molecule has 1 heterocycles. The van der Waals surface area contributed by atoms with Crippen LogP contribution < -0.4 is 10.6 Å². The lowest BCUT2D eigenvalue weighted by atomic mass is 10.2. The number of amides is 3. The molecule has 3 rings (SSSR count). The van der Waals surface area contributed by atoms with Gasteiger partial charge in [0.25, 0.3) is 0 Å². The first-order valence-electron chi connectivity index (χ1n) is 9.31. The minimum atomic E-state index is -0.579. The van der Waals surface area contributed by atoms with E-state index in [1.165, 1.54) is 27.8 Å². The molecule has 0 fully saturated rings. The molecule has 0 atom stereocenters. The van der Waals surface area contributed by atoms with Gasteiger partial charge < -0.3 is 15.5 Å². The van der Waals surface area contributed by atoms with E-state index in [9.17, 15) is 14.0 Å². The predicted octanol–water partition coefficient (Wildman–Crippen LogP) is 2.28. The highest BCUT2D eigenvalue weighted by atomic mass is 19.1. The number of rotatable bonds is 7. The molecule has 3 amide bonds. The van der Waals surface area contributed by atoms with E-state index >= 15 is 0 Å². The number of tetrazole rings is 1. The number of carbonyl (C=O) groups excluding carboxylic acids is 2. The number of benzene rings is 2. The molecule has 156 valence electrons. The summed E-state index contributed by atoms with van der Waals surface area (Å²) in [5, 5.41) is 16.3. The van der Waals surface area contributed by atoms with Crippen LogP contribution >= 0.6 is 0 Å². The van der Waals surface area contributed by atoms with Crippen molar-refractivity contribution in [1.82, 2.24) is 30.4 Å². The van der Waals surface area contributed by atoms with Crippen molar-refractivity contribution in [3.63, 3.8) is 0 Å². The Labute approximate surface area is 172 Å². The smallest absolute Gasteiger partial charge is 0.317 e. The zero-order valence-corrected chi connectivity index (χ0v) is 16.7. The van der Waals surface area contributed by atoms with Crippen molar-refractivity contribution >= 4 is 17.6 Å². The molecule has 0 spiro atoms. The first-order chi connectivity index (χ1) is 14.4. The lowest BCUT2D eigenvalue weighted by molar-refractivity contribution is -0.116. The van der Waals surface area contributed by atoms with E-state index in [2.05, 4.69) is 26.2 Å². The minimum Gasteiger partial charge on any atom is -0.337 e. The molecule has 0 radical (unpaired) electrons. The van der Waals surface area contributed by atoms with Crippen molar-refractivity contribution in [3.8, 4) is 5.69 Å². The largest absolute Gasteiger partial charge is 0.337 e. The second-order valence-corrected chi connectivity index (χ2v) is 6.67. The van der Waals surface area contributed by atoms with Gasteiger partial charge in [0.15, 0.2) is 5.82 Å². The average molecular weight is 411 g/mol. The standard InChI is InChI=1S/C20H22FN7O2/c1-14-24-25-26-28(14)16-8-9-17(21)18(12-16)23-19(29)10-11-22-20(30)27(2)13-15-6-4-3-5-7-15/h3-9,12H,10-11,13H2,1-2H3,(H,22,30)(H,23,29). The molecular formula is C20H22FN7O2. The van der Waals surface area contributed by atoms with E-state index in [1.54, 1.807) is 14.0 Å². The van der Waals surface area contributed by atoms with Crippen LogP contribution in [0.2, 0.25) is 0 Å². The van der Waals surface area contributed by atoms with Crippen LogP contribution in [0.1, 0.15) is 17.8 Å². The topological polar surface area (TPSA) is 105 Å². The van der Waals surface area contributed by atoms with Crippen LogP contribution in [-0.2, 0) is 11.3 Å². The van der Waals surface area contributed by atoms with Crippen LogP contribution in [0.4, 0.5) is 14.9 Å².